The second kappa shape index (κ2) is 7.79. The van der Waals surface area contributed by atoms with Crippen molar-refractivity contribution >= 4 is 46.1 Å². The fraction of sp³-hybridized carbons (Fsp3) is 0.333. The van der Waals surface area contributed by atoms with Gasteiger partial charge in [-0.05, 0) is 55.0 Å². The Bertz CT molecular complexity index is 1230. The smallest absolute Gasteiger partial charge is 0.253 e. The molecule has 0 bridgehead atoms. The highest BCUT2D eigenvalue weighted by Crippen LogP contribution is 2.39. The van der Waals surface area contributed by atoms with Gasteiger partial charge in [0.15, 0.2) is 0 Å². The molecule has 0 saturated heterocycles. The summed E-state index contributed by atoms with van der Waals surface area (Å²) in [6, 6.07) is 6.36. The molecule has 0 fully saturated rings. The summed E-state index contributed by atoms with van der Waals surface area (Å²) in [6.07, 6.45) is 3.17. The van der Waals surface area contributed by atoms with E-state index in [9.17, 15) is 4.79 Å². The SMILES string of the molecule is CSc1nc2nc(C)c(CC(=O)N3CCc4sccc4C3c3cccs3)c(C)n2n1. The fourth-order valence-electron chi connectivity index (χ4n) is 4.12. The second-order valence-corrected chi connectivity index (χ2v) is 10.1. The maximum absolute atomic E-state index is 13.6. The molecule has 1 atom stereocenters. The lowest BCUT2D eigenvalue weighted by Gasteiger charge is -2.35. The van der Waals surface area contributed by atoms with E-state index in [0.717, 1.165) is 29.9 Å². The number of nitrogens with zero attached hydrogens (tertiary/aromatic N) is 5. The molecule has 1 aliphatic heterocycles. The lowest BCUT2D eigenvalue weighted by Crippen LogP contribution is -2.40. The third-order valence-corrected chi connectivity index (χ3v) is 8.10. The van der Waals surface area contributed by atoms with Crippen molar-refractivity contribution in [1.82, 2.24) is 24.5 Å². The summed E-state index contributed by atoms with van der Waals surface area (Å²) in [6.45, 7) is 4.68. The van der Waals surface area contributed by atoms with Crippen LogP contribution in [0.25, 0.3) is 5.78 Å². The minimum Gasteiger partial charge on any atom is -0.330 e. The number of rotatable bonds is 4. The van der Waals surface area contributed by atoms with E-state index in [4.69, 9.17) is 0 Å². The van der Waals surface area contributed by atoms with Crippen LogP contribution in [0.15, 0.2) is 34.1 Å². The Kier molecular flexibility index (Phi) is 5.12. The molecular weight excluding hydrogens is 434 g/mol. The van der Waals surface area contributed by atoms with E-state index in [1.165, 1.54) is 27.1 Å². The van der Waals surface area contributed by atoms with Crippen molar-refractivity contribution in [2.75, 3.05) is 12.8 Å². The highest BCUT2D eigenvalue weighted by molar-refractivity contribution is 7.98. The van der Waals surface area contributed by atoms with Gasteiger partial charge in [0, 0.05) is 33.3 Å². The normalized spacial score (nSPS) is 16.2. The molecule has 4 aromatic heterocycles. The summed E-state index contributed by atoms with van der Waals surface area (Å²) >= 11 is 4.99. The zero-order valence-electron chi connectivity index (χ0n) is 17.0. The number of hydrogen-bond acceptors (Lipinski definition) is 7. The van der Waals surface area contributed by atoms with Gasteiger partial charge in [-0.1, -0.05) is 17.8 Å². The number of carbonyl (C=O) groups is 1. The number of fused-ring (bicyclic) bond motifs is 2. The van der Waals surface area contributed by atoms with Gasteiger partial charge in [0.05, 0.1) is 12.5 Å². The van der Waals surface area contributed by atoms with Crippen molar-refractivity contribution in [2.24, 2.45) is 0 Å². The van der Waals surface area contributed by atoms with Crippen molar-refractivity contribution in [3.63, 3.8) is 0 Å². The van der Waals surface area contributed by atoms with Crippen molar-refractivity contribution < 1.29 is 4.79 Å². The molecule has 0 spiro atoms. The minimum atomic E-state index is -0.000679. The van der Waals surface area contributed by atoms with Crippen LogP contribution in [0.3, 0.4) is 0 Å². The molecule has 0 aliphatic carbocycles. The van der Waals surface area contributed by atoms with Crippen LogP contribution in [0.4, 0.5) is 0 Å². The number of hydrogen-bond donors (Lipinski definition) is 0. The molecule has 5 heterocycles. The van der Waals surface area contributed by atoms with Crippen LogP contribution in [0, 0.1) is 13.8 Å². The molecule has 0 aromatic carbocycles. The molecule has 1 unspecified atom stereocenters. The van der Waals surface area contributed by atoms with E-state index in [1.54, 1.807) is 27.2 Å². The summed E-state index contributed by atoms with van der Waals surface area (Å²) in [4.78, 5) is 27.3. The largest absolute Gasteiger partial charge is 0.330 e. The van der Waals surface area contributed by atoms with Crippen LogP contribution in [0.1, 0.15) is 38.3 Å². The first-order valence-electron chi connectivity index (χ1n) is 9.72. The lowest BCUT2D eigenvalue weighted by atomic mass is 9.97. The predicted octanol–water partition coefficient (Wildman–Crippen LogP) is 4.30. The summed E-state index contributed by atoms with van der Waals surface area (Å²) in [7, 11) is 0. The van der Waals surface area contributed by atoms with Crippen LogP contribution in [0.5, 0.6) is 0 Å². The first-order chi connectivity index (χ1) is 14.6. The van der Waals surface area contributed by atoms with Gasteiger partial charge >= 0.3 is 0 Å². The Morgan fingerprint density at radius 1 is 1.23 bits per heavy atom. The molecule has 0 saturated carbocycles. The molecule has 1 aliphatic rings. The van der Waals surface area contributed by atoms with Crippen LogP contribution in [0.2, 0.25) is 0 Å². The third-order valence-electron chi connectivity index (χ3n) is 5.64. The molecule has 1 amide bonds. The molecule has 5 rings (SSSR count). The van der Waals surface area contributed by atoms with E-state index in [0.29, 0.717) is 17.4 Å². The fourth-order valence-corrected chi connectivity index (χ4v) is 6.22. The first-order valence-corrected chi connectivity index (χ1v) is 12.7. The van der Waals surface area contributed by atoms with Crippen molar-refractivity contribution in [1.29, 1.82) is 0 Å². The number of aryl methyl sites for hydroxylation is 2. The average molecular weight is 456 g/mol. The number of carbonyl (C=O) groups excluding carboxylic acids is 1. The Hall–Kier alpha value is -2.23. The van der Waals surface area contributed by atoms with Gasteiger partial charge < -0.3 is 4.90 Å². The monoisotopic (exact) mass is 455 g/mol. The van der Waals surface area contributed by atoms with Gasteiger partial charge in [-0.15, -0.1) is 27.8 Å². The Balaban J connectivity index is 1.50. The molecule has 6 nitrogen and oxygen atoms in total. The summed E-state index contributed by atoms with van der Waals surface area (Å²) < 4.78 is 1.76. The number of aromatic nitrogens is 4. The highest BCUT2D eigenvalue weighted by atomic mass is 32.2. The maximum Gasteiger partial charge on any atom is 0.253 e. The number of thiophene rings is 2. The summed E-state index contributed by atoms with van der Waals surface area (Å²) in [5.41, 5.74) is 3.98. The maximum atomic E-state index is 13.6. The zero-order chi connectivity index (χ0) is 20.8. The molecule has 154 valence electrons. The zero-order valence-corrected chi connectivity index (χ0v) is 19.4. The molecular formula is C21H21N5OS3. The van der Waals surface area contributed by atoms with Crippen LogP contribution in [-0.4, -0.2) is 43.2 Å². The Morgan fingerprint density at radius 3 is 2.87 bits per heavy atom. The van der Waals surface area contributed by atoms with Gasteiger partial charge in [-0.3, -0.25) is 4.79 Å². The second-order valence-electron chi connectivity index (χ2n) is 7.30. The highest BCUT2D eigenvalue weighted by Gasteiger charge is 2.33. The Morgan fingerprint density at radius 2 is 2.10 bits per heavy atom. The van der Waals surface area contributed by atoms with Crippen molar-refractivity contribution in [3.8, 4) is 0 Å². The lowest BCUT2D eigenvalue weighted by molar-refractivity contribution is -0.132. The van der Waals surface area contributed by atoms with Crippen LogP contribution in [-0.2, 0) is 17.6 Å². The van der Waals surface area contributed by atoms with E-state index >= 15 is 0 Å². The predicted molar refractivity (Wildman–Crippen MR) is 122 cm³/mol. The molecule has 0 radical (unpaired) electrons. The standard InChI is InChI=1S/C21H21N5OS3/c1-12-15(13(2)26-20(22-12)23-21(24-26)28-3)11-18(27)25-8-6-16-14(7-10-30-16)19(25)17-5-4-9-29-17/h4-5,7,9-10,19H,6,8,11H2,1-3H3. The van der Waals surface area contributed by atoms with Crippen LogP contribution < -0.4 is 0 Å². The average Bonchev–Trinajstić information content (AvgIpc) is 3.50. The van der Waals surface area contributed by atoms with Crippen molar-refractivity contribution in [3.05, 3.63) is 61.2 Å². The minimum absolute atomic E-state index is 0.000679. The molecule has 4 aromatic rings. The molecule has 30 heavy (non-hydrogen) atoms. The van der Waals surface area contributed by atoms with Gasteiger partial charge in [-0.25, -0.2) is 9.50 Å². The topological polar surface area (TPSA) is 63.4 Å². The Labute approximate surface area is 187 Å². The quantitative estimate of drug-likeness (QED) is 0.429. The summed E-state index contributed by atoms with van der Waals surface area (Å²) in [5.74, 6) is 0.714. The first kappa shape index (κ1) is 19.7. The molecule has 0 N–H and O–H groups in total. The van der Waals surface area contributed by atoms with Gasteiger partial charge in [0.2, 0.25) is 11.1 Å². The van der Waals surface area contributed by atoms with Gasteiger partial charge in [0.25, 0.3) is 5.78 Å². The van der Waals surface area contributed by atoms with Crippen molar-refractivity contribution in [2.45, 2.75) is 37.9 Å². The van der Waals surface area contributed by atoms with Gasteiger partial charge in [0.1, 0.15) is 0 Å². The summed E-state index contributed by atoms with van der Waals surface area (Å²) in [5, 5.41) is 9.42. The van der Waals surface area contributed by atoms with E-state index in [-0.39, 0.29) is 11.9 Å². The number of thioether (sulfide) groups is 1. The molecule has 9 heteroatoms. The van der Waals surface area contributed by atoms with E-state index in [2.05, 4.69) is 44.0 Å². The van der Waals surface area contributed by atoms with E-state index in [1.807, 2.05) is 25.0 Å². The number of amides is 1. The third kappa shape index (κ3) is 3.25. The van der Waals surface area contributed by atoms with Crippen LogP contribution >= 0.6 is 34.4 Å². The van der Waals surface area contributed by atoms with Gasteiger partial charge in [-0.2, -0.15) is 4.98 Å². The van der Waals surface area contributed by atoms with E-state index < -0.39 is 0 Å².